The molecule has 0 saturated carbocycles. The van der Waals surface area contributed by atoms with E-state index in [0.717, 1.165) is 18.3 Å². The van der Waals surface area contributed by atoms with Gasteiger partial charge in [0.2, 0.25) is 0 Å². The fraction of sp³-hybridized carbons (Fsp3) is 0.909. The second-order valence-corrected chi connectivity index (χ2v) is 6.37. The molecule has 1 N–H and O–H groups in total. The Morgan fingerprint density at radius 1 is 1.50 bits per heavy atom. The fourth-order valence-electron chi connectivity index (χ4n) is 1.54. The van der Waals surface area contributed by atoms with Gasteiger partial charge in [-0.3, -0.25) is 4.99 Å². The van der Waals surface area contributed by atoms with Crippen LogP contribution in [0, 0.1) is 5.41 Å². The zero-order valence-corrected chi connectivity index (χ0v) is 10.6. The van der Waals surface area contributed by atoms with Crippen LogP contribution in [-0.2, 0) is 0 Å². The Morgan fingerprint density at radius 3 is 2.79 bits per heavy atom. The van der Waals surface area contributed by atoms with Gasteiger partial charge in [0.15, 0.2) is 5.17 Å². The lowest BCUT2D eigenvalue weighted by molar-refractivity contribution is 0.375. The number of rotatable bonds is 3. The molecule has 0 saturated heterocycles. The van der Waals surface area contributed by atoms with Crippen molar-refractivity contribution < 1.29 is 0 Å². The maximum Gasteiger partial charge on any atom is 0.156 e. The molecule has 0 amide bonds. The summed E-state index contributed by atoms with van der Waals surface area (Å²) in [5.74, 6) is 0. The van der Waals surface area contributed by atoms with Crippen molar-refractivity contribution in [2.75, 3.05) is 13.1 Å². The van der Waals surface area contributed by atoms with E-state index in [1.54, 1.807) is 0 Å². The van der Waals surface area contributed by atoms with E-state index < -0.39 is 0 Å². The summed E-state index contributed by atoms with van der Waals surface area (Å²) in [5.41, 5.74) is 0.424. The number of aliphatic imine (C=N–C) groups is 1. The zero-order valence-electron chi connectivity index (χ0n) is 9.76. The van der Waals surface area contributed by atoms with Gasteiger partial charge in [-0.25, -0.2) is 0 Å². The van der Waals surface area contributed by atoms with Crippen molar-refractivity contribution in [3.8, 4) is 0 Å². The maximum absolute atomic E-state index is 4.51. The highest BCUT2D eigenvalue weighted by atomic mass is 32.2. The van der Waals surface area contributed by atoms with Crippen molar-refractivity contribution in [1.82, 2.24) is 5.32 Å². The first-order chi connectivity index (χ1) is 6.51. The number of thioether (sulfide) groups is 1. The van der Waals surface area contributed by atoms with Crippen LogP contribution in [0.4, 0.5) is 0 Å². The summed E-state index contributed by atoms with van der Waals surface area (Å²) in [6, 6.07) is 0. The van der Waals surface area contributed by atoms with Crippen LogP contribution >= 0.6 is 11.8 Å². The van der Waals surface area contributed by atoms with Crippen LogP contribution in [-0.4, -0.2) is 23.5 Å². The van der Waals surface area contributed by atoms with E-state index in [-0.39, 0.29) is 0 Å². The lowest BCUT2D eigenvalue weighted by Crippen LogP contribution is -2.21. The third-order valence-corrected chi connectivity index (χ3v) is 3.23. The van der Waals surface area contributed by atoms with Gasteiger partial charge in [0.05, 0.1) is 6.54 Å². The lowest BCUT2D eigenvalue weighted by atomic mass is 9.90. The molecule has 14 heavy (non-hydrogen) atoms. The molecule has 1 heterocycles. The minimum absolute atomic E-state index is 0.424. The van der Waals surface area contributed by atoms with Gasteiger partial charge in [-0.1, -0.05) is 39.5 Å². The van der Waals surface area contributed by atoms with Crippen LogP contribution in [0.3, 0.4) is 0 Å². The van der Waals surface area contributed by atoms with Crippen molar-refractivity contribution in [1.29, 1.82) is 0 Å². The average Bonchev–Trinajstić information content (AvgIpc) is 2.46. The molecule has 0 aromatic heterocycles. The summed E-state index contributed by atoms with van der Waals surface area (Å²) in [4.78, 5) is 4.51. The highest BCUT2D eigenvalue weighted by molar-refractivity contribution is 8.14. The number of nitrogens with zero attached hydrogens (tertiary/aromatic N) is 1. The molecule has 2 nitrogen and oxygen atoms in total. The summed E-state index contributed by atoms with van der Waals surface area (Å²) < 4.78 is 0. The molecule has 0 aromatic rings. The van der Waals surface area contributed by atoms with Crippen LogP contribution < -0.4 is 5.32 Å². The third-order valence-electron chi connectivity index (χ3n) is 2.08. The van der Waals surface area contributed by atoms with Gasteiger partial charge in [-0.15, -0.1) is 0 Å². The lowest BCUT2D eigenvalue weighted by Gasteiger charge is -2.21. The van der Waals surface area contributed by atoms with Gasteiger partial charge in [-0.2, -0.15) is 0 Å². The van der Waals surface area contributed by atoms with E-state index in [9.17, 15) is 0 Å². The molecule has 1 unspecified atom stereocenters. The normalized spacial score (nSPS) is 22.3. The number of nitrogens with one attached hydrogen (secondary N) is 1. The highest BCUT2D eigenvalue weighted by Gasteiger charge is 2.24. The molecule has 1 aliphatic rings. The van der Waals surface area contributed by atoms with Gasteiger partial charge < -0.3 is 5.32 Å². The zero-order chi connectivity index (χ0) is 10.6. The van der Waals surface area contributed by atoms with Gasteiger partial charge in [0, 0.05) is 11.8 Å². The molecule has 82 valence electrons. The average molecular weight is 214 g/mol. The van der Waals surface area contributed by atoms with Crippen molar-refractivity contribution in [3.63, 3.8) is 0 Å². The van der Waals surface area contributed by atoms with E-state index in [2.05, 4.69) is 38.0 Å². The highest BCUT2D eigenvalue weighted by Crippen LogP contribution is 2.31. The number of hydrogen-bond acceptors (Lipinski definition) is 3. The smallest absolute Gasteiger partial charge is 0.156 e. The van der Waals surface area contributed by atoms with E-state index in [1.165, 1.54) is 12.8 Å². The molecule has 0 aromatic carbocycles. The first kappa shape index (κ1) is 11.9. The Bertz CT molecular complexity index is 206. The summed E-state index contributed by atoms with van der Waals surface area (Å²) in [6.07, 6.45) is 2.42. The predicted octanol–water partition coefficient (Wildman–Crippen LogP) is 2.89. The van der Waals surface area contributed by atoms with Crippen molar-refractivity contribution >= 4 is 16.9 Å². The number of amidine groups is 1. The SMILES string of the molecule is CCCNC1=NCC(CC(C)(C)C)S1. The molecule has 0 bridgehead atoms. The van der Waals surface area contributed by atoms with E-state index >= 15 is 0 Å². The standard InChI is InChI=1S/C11H22N2S/c1-5-6-12-10-13-8-9(14-10)7-11(2,3)4/h9H,5-8H2,1-4H3,(H,12,13). The second kappa shape index (κ2) is 5.06. The van der Waals surface area contributed by atoms with Crippen molar-refractivity contribution in [3.05, 3.63) is 0 Å². The molecule has 0 spiro atoms. The summed E-state index contributed by atoms with van der Waals surface area (Å²) >= 11 is 1.92. The monoisotopic (exact) mass is 214 g/mol. The minimum Gasteiger partial charge on any atom is -0.365 e. The molecule has 3 heteroatoms. The Hall–Kier alpha value is -0.180. The Morgan fingerprint density at radius 2 is 2.21 bits per heavy atom. The maximum atomic E-state index is 4.51. The van der Waals surface area contributed by atoms with Crippen LogP contribution in [0.5, 0.6) is 0 Å². The first-order valence-corrected chi connectivity index (χ1v) is 6.34. The molecular weight excluding hydrogens is 192 g/mol. The summed E-state index contributed by atoms with van der Waals surface area (Å²) in [5, 5.41) is 5.20. The molecule has 1 atom stereocenters. The van der Waals surface area contributed by atoms with Crippen LogP contribution in [0.15, 0.2) is 4.99 Å². The first-order valence-electron chi connectivity index (χ1n) is 5.46. The molecular formula is C11H22N2S. The Labute approximate surface area is 92.0 Å². The quantitative estimate of drug-likeness (QED) is 0.781. The minimum atomic E-state index is 0.424. The van der Waals surface area contributed by atoms with Crippen LogP contribution in [0.1, 0.15) is 40.5 Å². The fourth-order valence-corrected chi connectivity index (χ4v) is 2.92. The van der Waals surface area contributed by atoms with Crippen molar-refractivity contribution in [2.24, 2.45) is 10.4 Å². The Balaban J connectivity index is 2.25. The van der Waals surface area contributed by atoms with E-state index in [0.29, 0.717) is 10.7 Å². The topological polar surface area (TPSA) is 24.4 Å². The van der Waals surface area contributed by atoms with Gasteiger partial charge in [0.1, 0.15) is 0 Å². The largest absolute Gasteiger partial charge is 0.365 e. The molecule has 0 aliphatic carbocycles. The summed E-state index contributed by atoms with van der Waals surface area (Å²) in [6.45, 7) is 11.1. The predicted molar refractivity (Wildman–Crippen MR) is 66.0 cm³/mol. The van der Waals surface area contributed by atoms with E-state index in [4.69, 9.17) is 0 Å². The van der Waals surface area contributed by atoms with Gasteiger partial charge in [-0.05, 0) is 18.3 Å². The number of hydrogen-bond donors (Lipinski definition) is 1. The van der Waals surface area contributed by atoms with Crippen LogP contribution in [0.2, 0.25) is 0 Å². The molecule has 1 rings (SSSR count). The van der Waals surface area contributed by atoms with Gasteiger partial charge in [0.25, 0.3) is 0 Å². The Kier molecular flexibility index (Phi) is 4.30. The summed E-state index contributed by atoms with van der Waals surface area (Å²) in [7, 11) is 0. The van der Waals surface area contributed by atoms with Crippen LogP contribution in [0.25, 0.3) is 0 Å². The molecule has 0 radical (unpaired) electrons. The van der Waals surface area contributed by atoms with E-state index in [1.807, 2.05) is 11.8 Å². The van der Waals surface area contributed by atoms with Crippen molar-refractivity contribution in [2.45, 2.75) is 45.8 Å². The second-order valence-electron chi connectivity index (χ2n) is 5.08. The molecule has 0 fully saturated rings. The third kappa shape index (κ3) is 4.36. The van der Waals surface area contributed by atoms with Gasteiger partial charge >= 0.3 is 0 Å². The molecule has 1 aliphatic heterocycles.